The number of rotatable bonds is 8. The standard InChI is InChI=1S/C16H23NO2/c1-2-5-15(6-3-1)7-4-10-18-12-9-17-13-16-8-11-19-14-16/h1-7,16-17H,8-14H2. The van der Waals surface area contributed by atoms with Gasteiger partial charge in [-0.15, -0.1) is 0 Å². The predicted octanol–water partition coefficient (Wildman–Crippen LogP) is 2.34. The van der Waals surface area contributed by atoms with Crippen LogP contribution in [0.15, 0.2) is 36.4 Å². The molecule has 1 aliphatic heterocycles. The Morgan fingerprint density at radius 2 is 2.21 bits per heavy atom. The van der Waals surface area contributed by atoms with Crippen LogP contribution in [0.5, 0.6) is 0 Å². The van der Waals surface area contributed by atoms with Crippen LogP contribution in [0.1, 0.15) is 12.0 Å². The topological polar surface area (TPSA) is 30.5 Å². The molecule has 1 aromatic carbocycles. The Labute approximate surface area is 115 Å². The highest BCUT2D eigenvalue weighted by molar-refractivity contribution is 5.48. The molecular weight excluding hydrogens is 238 g/mol. The maximum Gasteiger partial charge on any atom is 0.0651 e. The molecule has 1 aromatic rings. The zero-order valence-corrected chi connectivity index (χ0v) is 11.4. The Hall–Kier alpha value is -1.16. The SMILES string of the molecule is C(=Cc1ccccc1)COCCNCC1CCOC1. The van der Waals surface area contributed by atoms with Crippen molar-refractivity contribution in [1.82, 2.24) is 5.32 Å². The van der Waals surface area contributed by atoms with Gasteiger partial charge in [0.05, 0.1) is 19.8 Å². The van der Waals surface area contributed by atoms with Gasteiger partial charge in [0.2, 0.25) is 0 Å². The predicted molar refractivity (Wildman–Crippen MR) is 78.1 cm³/mol. The molecule has 1 aliphatic rings. The van der Waals surface area contributed by atoms with Crippen LogP contribution in [-0.2, 0) is 9.47 Å². The molecule has 0 aromatic heterocycles. The van der Waals surface area contributed by atoms with Crippen LogP contribution in [0.4, 0.5) is 0 Å². The van der Waals surface area contributed by atoms with Crippen molar-refractivity contribution in [2.24, 2.45) is 5.92 Å². The van der Waals surface area contributed by atoms with Gasteiger partial charge < -0.3 is 14.8 Å². The van der Waals surface area contributed by atoms with E-state index in [9.17, 15) is 0 Å². The first-order valence-electron chi connectivity index (χ1n) is 7.03. The van der Waals surface area contributed by atoms with Crippen LogP contribution in [-0.4, -0.2) is 39.5 Å². The molecule has 0 spiro atoms. The summed E-state index contributed by atoms with van der Waals surface area (Å²) in [6.07, 6.45) is 5.33. The lowest BCUT2D eigenvalue weighted by molar-refractivity contribution is 0.160. The van der Waals surface area contributed by atoms with E-state index in [0.29, 0.717) is 12.5 Å². The number of hydrogen-bond acceptors (Lipinski definition) is 3. The van der Waals surface area contributed by atoms with Gasteiger partial charge in [-0.25, -0.2) is 0 Å². The Morgan fingerprint density at radius 1 is 1.32 bits per heavy atom. The largest absolute Gasteiger partial charge is 0.381 e. The molecule has 1 atom stereocenters. The van der Waals surface area contributed by atoms with Crippen LogP contribution in [0.25, 0.3) is 6.08 Å². The van der Waals surface area contributed by atoms with Crippen LogP contribution < -0.4 is 5.32 Å². The van der Waals surface area contributed by atoms with E-state index >= 15 is 0 Å². The summed E-state index contributed by atoms with van der Waals surface area (Å²) in [7, 11) is 0. The summed E-state index contributed by atoms with van der Waals surface area (Å²) in [6, 6.07) is 10.3. The van der Waals surface area contributed by atoms with E-state index in [1.54, 1.807) is 0 Å². The second-order valence-electron chi connectivity index (χ2n) is 4.82. The highest BCUT2D eigenvalue weighted by Crippen LogP contribution is 2.10. The maximum absolute atomic E-state index is 5.54. The van der Waals surface area contributed by atoms with Gasteiger partial charge in [-0.3, -0.25) is 0 Å². The molecule has 2 rings (SSSR count). The van der Waals surface area contributed by atoms with Crippen molar-refractivity contribution in [2.75, 3.05) is 39.5 Å². The number of nitrogens with one attached hydrogen (secondary N) is 1. The van der Waals surface area contributed by atoms with Gasteiger partial charge in [0.15, 0.2) is 0 Å². The van der Waals surface area contributed by atoms with Crippen LogP contribution >= 0.6 is 0 Å². The first-order chi connectivity index (χ1) is 9.45. The summed E-state index contributed by atoms with van der Waals surface area (Å²) in [5.41, 5.74) is 1.21. The molecular formula is C16H23NO2. The quantitative estimate of drug-likeness (QED) is 0.729. The fraction of sp³-hybridized carbons (Fsp3) is 0.500. The summed E-state index contributed by atoms with van der Waals surface area (Å²) >= 11 is 0. The minimum absolute atomic E-state index is 0.670. The minimum Gasteiger partial charge on any atom is -0.381 e. The minimum atomic E-state index is 0.670. The van der Waals surface area contributed by atoms with Gasteiger partial charge in [-0.1, -0.05) is 42.5 Å². The summed E-state index contributed by atoms with van der Waals surface area (Å²) in [5, 5.41) is 3.41. The van der Waals surface area contributed by atoms with E-state index in [1.807, 2.05) is 18.2 Å². The van der Waals surface area contributed by atoms with Crippen molar-refractivity contribution in [3.8, 4) is 0 Å². The molecule has 0 saturated carbocycles. The van der Waals surface area contributed by atoms with E-state index in [-0.39, 0.29) is 0 Å². The van der Waals surface area contributed by atoms with Crippen molar-refractivity contribution < 1.29 is 9.47 Å². The fourth-order valence-electron chi connectivity index (χ4n) is 2.09. The van der Waals surface area contributed by atoms with Gasteiger partial charge in [-0.2, -0.15) is 0 Å². The van der Waals surface area contributed by atoms with Gasteiger partial charge in [0.25, 0.3) is 0 Å². The third kappa shape index (κ3) is 6.01. The van der Waals surface area contributed by atoms with Crippen molar-refractivity contribution >= 4 is 6.08 Å². The van der Waals surface area contributed by atoms with Crippen molar-refractivity contribution in [1.29, 1.82) is 0 Å². The molecule has 19 heavy (non-hydrogen) atoms. The molecule has 0 bridgehead atoms. The lowest BCUT2D eigenvalue weighted by Crippen LogP contribution is -2.26. The first-order valence-corrected chi connectivity index (χ1v) is 7.03. The molecule has 1 fully saturated rings. The van der Waals surface area contributed by atoms with E-state index in [0.717, 1.165) is 32.9 Å². The van der Waals surface area contributed by atoms with E-state index in [2.05, 4.69) is 29.6 Å². The van der Waals surface area contributed by atoms with E-state index in [4.69, 9.17) is 9.47 Å². The second-order valence-corrected chi connectivity index (χ2v) is 4.82. The van der Waals surface area contributed by atoms with Gasteiger partial charge >= 0.3 is 0 Å². The Kier molecular flexibility index (Phi) is 6.65. The van der Waals surface area contributed by atoms with Crippen LogP contribution in [0, 0.1) is 5.92 Å². The highest BCUT2D eigenvalue weighted by Gasteiger charge is 2.14. The van der Waals surface area contributed by atoms with Crippen molar-refractivity contribution in [3.05, 3.63) is 42.0 Å². The van der Waals surface area contributed by atoms with Crippen molar-refractivity contribution in [3.63, 3.8) is 0 Å². The zero-order chi connectivity index (χ0) is 13.2. The van der Waals surface area contributed by atoms with Crippen LogP contribution in [0.2, 0.25) is 0 Å². The molecule has 0 aliphatic carbocycles. The highest BCUT2D eigenvalue weighted by atomic mass is 16.5. The average molecular weight is 261 g/mol. The summed E-state index contributed by atoms with van der Waals surface area (Å²) in [6.45, 7) is 5.22. The third-order valence-electron chi connectivity index (χ3n) is 3.20. The Bertz CT molecular complexity index is 358. The Balaban J connectivity index is 1.45. The smallest absolute Gasteiger partial charge is 0.0651 e. The number of hydrogen-bond donors (Lipinski definition) is 1. The number of benzene rings is 1. The molecule has 1 saturated heterocycles. The summed E-state index contributed by atoms with van der Waals surface area (Å²) in [5.74, 6) is 0.693. The molecule has 3 nitrogen and oxygen atoms in total. The van der Waals surface area contributed by atoms with Gasteiger partial charge in [0, 0.05) is 19.7 Å². The summed E-state index contributed by atoms with van der Waals surface area (Å²) < 4.78 is 10.9. The molecule has 1 heterocycles. The molecule has 104 valence electrons. The second kappa shape index (κ2) is 8.86. The van der Waals surface area contributed by atoms with Gasteiger partial charge in [0.1, 0.15) is 0 Å². The zero-order valence-electron chi connectivity index (χ0n) is 11.4. The maximum atomic E-state index is 5.54. The molecule has 0 amide bonds. The fourth-order valence-corrected chi connectivity index (χ4v) is 2.09. The summed E-state index contributed by atoms with van der Waals surface area (Å²) in [4.78, 5) is 0. The molecule has 3 heteroatoms. The normalized spacial score (nSPS) is 19.3. The van der Waals surface area contributed by atoms with Crippen molar-refractivity contribution in [2.45, 2.75) is 6.42 Å². The molecule has 0 radical (unpaired) electrons. The average Bonchev–Trinajstić information content (AvgIpc) is 2.96. The molecule has 1 unspecified atom stereocenters. The third-order valence-corrected chi connectivity index (χ3v) is 3.20. The number of ether oxygens (including phenoxy) is 2. The Morgan fingerprint density at radius 3 is 3.00 bits per heavy atom. The lowest BCUT2D eigenvalue weighted by Gasteiger charge is -2.08. The lowest BCUT2D eigenvalue weighted by atomic mass is 10.1. The van der Waals surface area contributed by atoms with E-state index in [1.165, 1.54) is 12.0 Å². The monoisotopic (exact) mass is 261 g/mol. The van der Waals surface area contributed by atoms with E-state index < -0.39 is 0 Å². The van der Waals surface area contributed by atoms with Crippen LogP contribution in [0.3, 0.4) is 0 Å². The molecule has 1 N–H and O–H groups in total. The van der Waals surface area contributed by atoms with Gasteiger partial charge in [-0.05, 0) is 17.9 Å². The first kappa shape index (κ1) is 14.3.